The lowest BCUT2D eigenvalue weighted by atomic mass is 9.99. The molecule has 3 aromatic rings. The van der Waals surface area contributed by atoms with Crippen molar-refractivity contribution in [1.29, 1.82) is 0 Å². The minimum atomic E-state index is -0.335. The van der Waals surface area contributed by atoms with E-state index in [-0.39, 0.29) is 11.7 Å². The van der Waals surface area contributed by atoms with Crippen LogP contribution >= 0.6 is 0 Å². The molecule has 0 saturated carbocycles. The van der Waals surface area contributed by atoms with Crippen LogP contribution in [0.5, 0.6) is 5.75 Å². The van der Waals surface area contributed by atoms with Crippen molar-refractivity contribution in [2.45, 2.75) is 0 Å². The third-order valence-corrected chi connectivity index (χ3v) is 3.66. The van der Waals surface area contributed by atoms with Gasteiger partial charge in [-0.1, -0.05) is 30.3 Å². The van der Waals surface area contributed by atoms with Crippen LogP contribution in [0.25, 0.3) is 11.1 Å². The van der Waals surface area contributed by atoms with Crippen LogP contribution < -0.4 is 10.1 Å². The summed E-state index contributed by atoms with van der Waals surface area (Å²) in [6, 6.07) is 20.4. The predicted molar refractivity (Wildman–Crippen MR) is 92.8 cm³/mol. The molecule has 1 N–H and O–H groups in total. The van der Waals surface area contributed by atoms with Gasteiger partial charge >= 0.3 is 0 Å². The van der Waals surface area contributed by atoms with Crippen LogP contribution in [0.4, 0.5) is 10.1 Å². The van der Waals surface area contributed by atoms with E-state index in [9.17, 15) is 9.18 Å². The fourth-order valence-corrected chi connectivity index (χ4v) is 2.46. The molecule has 0 atom stereocenters. The van der Waals surface area contributed by atoms with Crippen molar-refractivity contribution >= 4 is 11.6 Å². The van der Waals surface area contributed by atoms with Gasteiger partial charge in [-0.15, -0.1) is 0 Å². The Labute approximate surface area is 139 Å². The molecule has 0 radical (unpaired) electrons. The van der Waals surface area contributed by atoms with Crippen molar-refractivity contribution in [3.8, 4) is 16.9 Å². The Kier molecular flexibility index (Phi) is 4.57. The molecule has 1 amide bonds. The highest BCUT2D eigenvalue weighted by Gasteiger charge is 2.13. The summed E-state index contributed by atoms with van der Waals surface area (Å²) in [6.07, 6.45) is 0. The number of rotatable bonds is 4. The average molecular weight is 321 g/mol. The van der Waals surface area contributed by atoms with Gasteiger partial charge in [0.15, 0.2) is 0 Å². The summed E-state index contributed by atoms with van der Waals surface area (Å²) in [7, 11) is 1.59. The first-order chi connectivity index (χ1) is 11.7. The summed E-state index contributed by atoms with van der Waals surface area (Å²) in [5.74, 6) is 0.131. The lowest BCUT2D eigenvalue weighted by Crippen LogP contribution is -2.13. The summed E-state index contributed by atoms with van der Waals surface area (Å²) < 4.78 is 18.6. The van der Waals surface area contributed by atoms with E-state index < -0.39 is 0 Å². The van der Waals surface area contributed by atoms with Crippen LogP contribution in [-0.2, 0) is 0 Å². The Bertz CT molecular complexity index is 860. The van der Waals surface area contributed by atoms with Crippen molar-refractivity contribution in [3.63, 3.8) is 0 Å². The van der Waals surface area contributed by atoms with Crippen LogP contribution in [0.1, 0.15) is 10.4 Å². The second kappa shape index (κ2) is 6.96. The van der Waals surface area contributed by atoms with Crippen molar-refractivity contribution in [3.05, 3.63) is 84.2 Å². The Hall–Kier alpha value is -3.14. The minimum Gasteiger partial charge on any atom is -0.497 e. The van der Waals surface area contributed by atoms with Gasteiger partial charge in [0.2, 0.25) is 0 Å². The van der Waals surface area contributed by atoms with Gasteiger partial charge in [0.25, 0.3) is 5.91 Å². The van der Waals surface area contributed by atoms with E-state index in [1.165, 1.54) is 12.1 Å². The molecule has 0 saturated heterocycles. The first-order valence-electron chi connectivity index (χ1n) is 7.48. The molecule has 0 aliphatic carbocycles. The molecular weight excluding hydrogens is 305 g/mol. The zero-order chi connectivity index (χ0) is 16.9. The number of hydrogen-bond donors (Lipinski definition) is 1. The Balaban J connectivity index is 1.90. The maximum absolute atomic E-state index is 13.5. The number of methoxy groups -OCH3 is 1. The number of halogens is 1. The zero-order valence-electron chi connectivity index (χ0n) is 13.1. The van der Waals surface area contributed by atoms with Crippen molar-refractivity contribution in [1.82, 2.24) is 0 Å². The molecule has 0 aliphatic rings. The summed E-state index contributed by atoms with van der Waals surface area (Å²) in [6.45, 7) is 0. The molecule has 0 fully saturated rings. The molecule has 24 heavy (non-hydrogen) atoms. The summed E-state index contributed by atoms with van der Waals surface area (Å²) in [5, 5.41) is 2.85. The molecule has 3 nitrogen and oxygen atoms in total. The van der Waals surface area contributed by atoms with Gasteiger partial charge in [0.1, 0.15) is 11.6 Å². The van der Waals surface area contributed by atoms with Crippen LogP contribution in [0.2, 0.25) is 0 Å². The molecule has 0 heterocycles. The Morgan fingerprint density at radius 1 is 0.958 bits per heavy atom. The van der Waals surface area contributed by atoms with Crippen molar-refractivity contribution < 1.29 is 13.9 Å². The summed E-state index contributed by atoms with van der Waals surface area (Å²) in [4.78, 5) is 12.6. The second-order valence-corrected chi connectivity index (χ2v) is 5.24. The lowest BCUT2D eigenvalue weighted by Gasteiger charge is -2.11. The summed E-state index contributed by atoms with van der Waals surface area (Å²) >= 11 is 0. The molecule has 4 heteroatoms. The number of benzene rings is 3. The molecule has 0 unspecified atom stereocenters. The molecule has 3 rings (SSSR count). The van der Waals surface area contributed by atoms with E-state index in [2.05, 4.69) is 5.32 Å². The van der Waals surface area contributed by atoms with Gasteiger partial charge in [0.05, 0.1) is 7.11 Å². The number of hydrogen-bond acceptors (Lipinski definition) is 2. The van der Waals surface area contributed by atoms with Crippen LogP contribution in [0.3, 0.4) is 0 Å². The molecular formula is C20H16FNO2. The third-order valence-electron chi connectivity index (χ3n) is 3.66. The van der Waals surface area contributed by atoms with Gasteiger partial charge in [-0.25, -0.2) is 4.39 Å². The highest BCUT2D eigenvalue weighted by Crippen LogP contribution is 2.25. The van der Waals surface area contributed by atoms with Crippen LogP contribution in [-0.4, -0.2) is 13.0 Å². The smallest absolute Gasteiger partial charge is 0.256 e. The van der Waals surface area contributed by atoms with Gasteiger partial charge in [-0.2, -0.15) is 0 Å². The van der Waals surface area contributed by atoms with E-state index in [1.807, 2.05) is 6.07 Å². The maximum atomic E-state index is 13.5. The van der Waals surface area contributed by atoms with Gasteiger partial charge in [-0.05, 0) is 53.6 Å². The molecule has 0 aliphatic heterocycles. The number of nitrogens with one attached hydrogen (secondary N) is 1. The minimum absolute atomic E-state index is 0.250. The Morgan fingerprint density at radius 2 is 1.71 bits per heavy atom. The Morgan fingerprint density at radius 3 is 2.42 bits per heavy atom. The van der Waals surface area contributed by atoms with Gasteiger partial charge in [0, 0.05) is 11.3 Å². The fraction of sp³-hybridized carbons (Fsp3) is 0.0500. The van der Waals surface area contributed by atoms with Crippen LogP contribution in [0.15, 0.2) is 72.8 Å². The van der Waals surface area contributed by atoms with E-state index in [1.54, 1.807) is 61.7 Å². The second-order valence-electron chi connectivity index (χ2n) is 5.24. The zero-order valence-corrected chi connectivity index (χ0v) is 13.1. The fourth-order valence-electron chi connectivity index (χ4n) is 2.46. The molecule has 0 spiro atoms. The number of carbonyl (C=O) groups excluding carboxylic acids is 1. The standard InChI is InChI=1S/C20H16FNO2/c1-24-17-11-9-16(10-12-17)22-20(23)19-8-3-2-7-18(19)14-5-4-6-15(21)13-14/h2-13H,1H3,(H,22,23). The third kappa shape index (κ3) is 3.43. The van der Waals surface area contributed by atoms with E-state index >= 15 is 0 Å². The van der Waals surface area contributed by atoms with E-state index in [0.29, 0.717) is 28.1 Å². The van der Waals surface area contributed by atoms with Gasteiger partial charge < -0.3 is 10.1 Å². The van der Waals surface area contributed by atoms with Crippen molar-refractivity contribution in [2.75, 3.05) is 12.4 Å². The number of ether oxygens (including phenoxy) is 1. The number of anilines is 1. The van der Waals surface area contributed by atoms with E-state index in [0.717, 1.165) is 0 Å². The first-order valence-corrected chi connectivity index (χ1v) is 7.48. The average Bonchev–Trinajstić information content (AvgIpc) is 2.62. The molecule has 3 aromatic carbocycles. The predicted octanol–water partition coefficient (Wildman–Crippen LogP) is 4.75. The van der Waals surface area contributed by atoms with Crippen molar-refractivity contribution in [2.24, 2.45) is 0 Å². The van der Waals surface area contributed by atoms with Gasteiger partial charge in [-0.3, -0.25) is 4.79 Å². The largest absolute Gasteiger partial charge is 0.497 e. The maximum Gasteiger partial charge on any atom is 0.256 e. The highest BCUT2D eigenvalue weighted by atomic mass is 19.1. The van der Waals surface area contributed by atoms with E-state index in [4.69, 9.17) is 4.74 Å². The monoisotopic (exact) mass is 321 g/mol. The quantitative estimate of drug-likeness (QED) is 0.753. The lowest BCUT2D eigenvalue weighted by molar-refractivity contribution is 0.102. The molecule has 0 aromatic heterocycles. The topological polar surface area (TPSA) is 38.3 Å². The first kappa shape index (κ1) is 15.7. The molecule has 0 bridgehead atoms. The highest BCUT2D eigenvalue weighted by molar-refractivity contribution is 6.08. The molecule has 120 valence electrons. The summed E-state index contributed by atoms with van der Waals surface area (Å²) in [5.41, 5.74) is 2.49. The SMILES string of the molecule is COc1ccc(NC(=O)c2ccccc2-c2cccc(F)c2)cc1. The number of carbonyl (C=O) groups is 1. The van der Waals surface area contributed by atoms with Crippen LogP contribution in [0, 0.1) is 5.82 Å². The normalized spacial score (nSPS) is 10.2. The number of amides is 1.